The van der Waals surface area contributed by atoms with Crippen LogP contribution in [0, 0.1) is 6.92 Å². The molecule has 0 radical (unpaired) electrons. The van der Waals surface area contributed by atoms with E-state index in [9.17, 15) is 19.2 Å². The van der Waals surface area contributed by atoms with E-state index >= 15 is 4.57 Å². The van der Waals surface area contributed by atoms with E-state index in [1.54, 1.807) is 24.3 Å². The van der Waals surface area contributed by atoms with E-state index < -0.39 is 30.2 Å². The fraction of sp³-hybridized carbons (Fsp3) is 0.0612. The molecule has 59 heavy (non-hydrogen) atoms. The highest BCUT2D eigenvalue weighted by Gasteiger charge is 2.58. The van der Waals surface area contributed by atoms with Crippen LogP contribution < -0.4 is 19.5 Å². The van der Waals surface area contributed by atoms with E-state index in [1.807, 2.05) is 122 Å². The molecule has 7 aromatic rings. The second-order valence-corrected chi connectivity index (χ2v) is 17.2. The van der Waals surface area contributed by atoms with Crippen molar-refractivity contribution in [2.45, 2.75) is 12.1 Å². The molecule has 0 aliphatic carbocycles. The van der Waals surface area contributed by atoms with E-state index in [0.29, 0.717) is 28.1 Å². The number of hydrogen-bond donors (Lipinski definition) is 0. The maximum atomic E-state index is 16.6. The van der Waals surface area contributed by atoms with E-state index in [-0.39, 0.29) is 33.9 Å². The minimum absolute atomic E-state index is 0.150. The first-order valence-corrected chi connectivity index (χ1v) is 20.6. The summed E-state index contributed by atoms with van der Waals surface area (Å²) in [7, 11) is -2.60. The van der Waals surface area contributed by atoms with Crippen LogP contribution in [0.2, 0.25) is 0 Å². The van der Waals surface area contributed by atoms with E-state index in [2.05, 4.69) is 0 Å². The monoisotopic (exact) mass is 792 g/mol. The van der Waals surface area contributed by atoms with Crippen LogP contribution in [0.5, 0.6) is 17.2 Å². The van der Waals surface area contributed by atoms with Crippen molar-refractivity contribution < 1.29 is 33.0 Å². The van der Waals surface area contributed by atoms with Crippen LogP contribution in [0.4, 0.5) is 5.69 Å². The first-order chi connectivity index (χ1) is 28.6. The maximum Gasteiger partial charge on any atom is 0.296 e. The summed E-state index contributed by atoms with van der Waals surface area (Å²) in [5, 5.41) is -0.804. The Balaban J connectivity index is 1.06. The highest BCUT2D eigenvalue weighted by atomic mass is 31.2. The SMILES string of the molecule is Cc1ccc(C(c2ccccc2)(c2ccc(N3C(=O)c4ccc(Oc5ccc6c(c5)C(=O)N(C)C6=O)cc4C3=O)cc2)P2(=O)Oc3ccccc3-c3ccccc32)cc1. The summed E-state index contributed by atoms with van der Waals surface area (Å²) in [6, 6.07) is 49.2. The maximum absolute atomic E-state index is 16.6. The van der Waals surface area contributed by atoms with Gasteiger partial charge in [-0.25, -0.2) is 4.90 Å². The summed E-state index contributed by atoms with van der Waals surface area (Å²) < 4.78 is 29.5. The average Bonchev–Trinajstić information content (AvgIpc) is 3.64. The Bertz CT molecular complexity index is 2980. The van der Waals surface area contributed by atoms with Gasteiger partial charge in [0.15, 0.2) is 0 Å². The summed E-state index contributed by atoms with van der Waals surface area (Å²) in [5.41, 5.74) is 6.03. The second kappa shape index (κ2) is 13.4. The van der Waals surface area contributed by atoms with Crippen LogP contribution in [0.15, 0.2) is 164 Å². The number of nitrogens with zero attached hydrogens (tertiary/aromatic N) is 2. The van der Waals surface area contributed by atoms with Gasteiger partial charge in [0.1, 0.15) is 22.4 Å². The number of fused-ring (bicyclic) bond motifs is 5. The van der Waals surface area contributed by atoms with Gasteiger partial charge in [-0.05, 0) is 89.8 Å². The number of aryl methyl sites for hydroxylation is 1. The molecule has 4 amide bonds. The lowest BCUT2D eigenvalue weighted by atomic mass is 9.83. The zero-order chi connectivity index (χ0) is 40.6. The number of hydrogen-bond acceptors (Lipinski definition) is 7. The van der Waals surface area contributed by atoms with Crippen molar-refractivity contribution in [1.29, 1.82) is 0 Å². The van der Waals surface area contributed by atoms with Gasteiger partial charge >= 0.3 is 0 Å². The molecule has 0 saturated carbocycles. The van der Waals surface area contributed by atoms with Crippen LogP contribution in [-0.4, -0.2) is 35.6 Å². The molecule has 2 unspecified atom stereocenters. The summed E-state index contributed by atoms with van der Waals surface area (Å²) in [6.07, 6.45) is 0. The highest BCUT2D eigenvalue weighted by Crippen LogP contribution is 2.71. The highest BCUT2D eigenvalue weighted by molar-refractivity contribution is 7.69. The van der Waals surface area contributed by atoms with Crippen LogP contribution in [0.1, 0.15) is 63.7 Å². The van der Waals surface area contributed by atoms with Gasteiger partial charge in [-0.15, -0.1) is 0 Å². The lowest BCUT2D eigenvalue weighted by Crippen LogP contribution is -2.38. The average molecular weight is 793 g/mol. The molecule has 7 aromatic carbocycles. The van der Waals surface area contributed by atoms with Gasteiger partial charge in [-0.1, -0.05) is 109 Å². The number of anilines is 1. The quantitative estimate of drug-likeness (QED) is 0.0898. The van der Waals surface area contributed by atoms with Crippen LogP contribution in [-0.2, 0) is 9.72 Å². The molecule has 0 spiro atoms. The molecule has 0 aromatic heterocycles. The number of carbonyl (C=O) groups excluding carboxylic acids is 4. The molecule has 0 N–H and O–H groups in total. The molecular formula is C49H33N2O7P. The zero-order valence-electron chi connectivity index (χ0n) is 31.8. The van der Waals surface area contributed by atoms with Gasteiger partial charge in [-0.2, -0.15) is 0 Å². The standard InChI is InChI=1S/C49H33N2O7P/c1-30-16-18-32(19-17-30)49(31-10-4-3-5-11-31,59(56)44-15-9-7-13-38(44)37-12-6-8-14-43(37)58-59)33-20-22-34(23-21-33)51-47(54)40-27-25-36(29-42(40)48(51)55)57-35-24-26-39-41(28-35)46(53)50(2)45(39)52/h3-29H,1-2H3. The third-order valence-electron chi connectivity index (χ3n) is 11.4. The zero-order valence-corrected chi connectivity index (χ0v) is 32.7. The Morgan fingerprint density at radius 3 is 1.69 bits per heavy atom. The van der Waals surface area contributed by atoms with Crippen molar-refractivity contribution in [2.24, 2.45) is 0 Å². The lowest BCUT2D eigenvalue weighted by Gasteiger charge is -2.44. The van der Waals surface area contributed by atoms with Crippen LogP contribution in [0.3, 0.4) is 0 Å². The molecule has 3 aliphatic rings. The Kier molecular flexibility index (Phi) is 8.16. The third-order valence-corrected chi connectivity index (χ3v) is 14.6. The Morgan fingerprint density at radius 2 is 1.02 bits per heavy atom. The second-order valence-electron chi connectivity index (χ2n) is 14.8. The third kappa shape index (κ3) is 5.28. The number of imide groups is 2. The van der Waals surface area contributed by atoms with E-state index in [4.69, 9.17) is 9.26 Å². The van der Waals surface area contributed by atoms with Gasteiger partial charge < -0.3 is 9.26 Å². The molecule has 0 saturated heterocycles. The Hall–Kier alpha value is -7.35. The van der Waals surface area contributed by atoms with Gasteiger partial charge in [0, 0.05) is 12.6 Å². The molecule has 9 nitrogen and oxygen atoms in total. The topological polar surface area (TPSA) is 110 Å². The van der Waals surface area contributed by atoms with Crippen molar-refractivity contribution in [3.05, 3.63) is 208 Å². The molecule has 2 atom stereocenters. The van der Waals surface area contributed by atoms with Crippen molar-refractivity contribution >= 4 is 42.0 Å². The molecule has 3 heterocycles. The number of ether oxygens (including phenoxy) is 1. The molecule has 286 valence electrons. The van der Waals surface area contributed by atoms with Crippen LogP contribution in [0.25, 0.3) is 11.1 Å². The Morgan fingerprint density at radius 1 is 0.508 bits per heavy atom. The summed E-state index contributed by atoms with van der Waals surface area (Å²) >= 11 is 0. The Labute approximate surface area is 339 Å². The molecule has 3 aliphatic heterocycles. The molecular weight excluding hydrogens is 760 g/mol. The van der Waals surface area contributed by atoms with Gasteiger partial charge in [0.2, 0.25) is 0 Å². The van der Waals surface area contributed by atoms with Gasteiger partial charge in [0.05, 0.1) is 33.2 Å². The molecule has 0 fully saturated rings. The minimum Gasteiger partial charge on any atom is -0.457 e. The molecule has 10 rings (SSSR count). The van der Waals surface area contributed by atoms with Crippen molar-refractivity contribution in [3.8, 4) is 28.4 Å². The van der Waals surface area contributed by atoms with Crippen LogP contribution >= 0.6 is 7.37 Å². The number of amides is 4. The predicted molar refractivity (Wildman–Crippen MR) is 224 cm³/mol. The summed E-state index contributed by atoms with van der Waals surface area (Å²) in [5.74, 6) is -0.776. The fourth-order valence-electron chi connectivity index (χ4n) is 8.56. The number of benzene rings is 7. The normalized spacial score (nSPS) is 17.5. The molecule has 10 heteroatoms. The lowest BCUT2D eigenvalue weighted by molar-refractivity contribution is 0.0692. The first-order valence-electron chi connectivity index (χ1n) is 19.0. The van der Waals surface area contributed by atoms with Crippen molar-refractivity contribution in [3.63, 3.8) is 0 Å². The first kappa shape index (κ1) is 36.0. The van der Waals surface area contributed by atoms with Gasteiger partial charge in [0.25, 0.3) is 31.0 Å². The number of carbonyl (C=O) groups is 4. The predicted octanol–water partition coefficient (Wildman–Crippen LogP) is 9.77. The number of rotatable bonds is 7. The minimum atomic E-state index is -4.02. The summed E-state index contributed by atoms with van der Waals surface area (Å²) in [4.78, 5) is 55.1. The largest absolute Gasteiger partial charge is 0.457 e. The fourth-order valence-corrected chi connectivity index (χ4v) is 11.9. The number of para-hydroxylation sites is 1. The smallest absolute Gasteiger partial charge is 0.296 e. The van der Waals surface area contributed by atoms with E-state index in [1.165, 1.54) is 31.3 Å². The van der Waals surface area contributed by atoms with Crippen molar-refractivity contribution in [1.82, 2.24) is 4.90 Å². The van der Waals surface area contributed by atoms with Gasteiger partial charge in [-0.3, -0.25) is 28.6 Å². The van der Waals surface area contributed by atoms with E-state index in [0.717, 1.165) is 37.6 Å². The summed E-state index contributed by atoms with van der Waals surface area (Å²) in [6.45, 7) is 2.00. The molecule has 0 bridgehead atoms. The van der Waals surface area contributed by atoms with Crippen molar-refractivity contribution in [2.75, 3.05) is 11.9 Å².